The molecule has 1 atom stereocenters. The maximum Gasteiger partial charge on any atom is 0.0879 e. The molecular weight excluding hydrogens is 270 g/mol. The van der Waals surface area contributed by atoms with Crippen LogP contribution in [0.5, 0.6) is 0 Å². The summed E-state index contributed by atoms with van der Waals surface area (Å²) in [5.74, 6) is 0. The number of benzene rings is 1. The van der Waals surface area contributed by atoms with Crippen molar-refractivity contribution in [2.75, 3.05) is 7.05 Å². The largest absolute Gasteiger partial charge is 0.307 e. The number of nitrogens with one attached hydrogen (secondary N) is 1. The highest BCUT2D eigenvalue weighted by molar-refractivity contribution is 7.09. The van der Waals surface area contributed by atoms with Crippen LogP contribution in [-0.4, -0.2) is 27.0 Å². The van der Waals surface area contributed by atoms with Crippen molar-refractivity contribution in [1.82, 2.24) is 25.3 Å². The average Bonchev–Trinajstić information content (AvgIpc) is 3.11. The first-order valence-corrected chi connectivity index (χ1v) is 7.22. The molecule has 0 aliphatic rings. The van der Waals surface area contributed by atoms with Crippen molar-refractivity contribution >= 4 is 11.3 Å². The van der Waals surface area contributed by atoms with Gasteiger partial charge in [0.25, 0.3) is 0 Å². The van der Waals surface area contributed by atoms with Gasteiger partial charge in [-0.1, -0.05) is 23.4 Å². The zero-order valence-corrected chi connectivity index (χ0v) is 12.1. The molecule has 0 bridgehead atoms. The second-order valence-electron chi connectivity index (χ2n) is 4.43. The molecule has 0 radical (unpaired) electrons. The molecular formula is C14H15N5S. The quantitative estimate of drug-likeness (QED) is 0.799. The van der Waals surface area contributed by atoms with Crippen LogP contribution in [-0.2, 0) is 0 Å². The number of para-hydroxylation sites is 1. The van der Waals surface area contributed by atoms with Crippen LogP contribution in [0.3, 0.4) is 0 Å². The van der Waals surface area contributed by atoms with Crippen LogP contribution in [0, 0.1) is 6.92 Å². The Balaban J connectivity index is 2.07. The van der Waals surface area contributed by atoms with E-state index in [4.69, 9.17) is 0 Å². The first kappa shape index (κ1) is 13.0. The highest BCUT2D eigenvalue weighted by atomic mass is 32.1. The van der Waals surface area contributed by atoms with Crippen LogP contribution in [0.4, 0.5) is 0 Å². The molecule has 0 fully saturated rings. The van der Waals surface area contributed by atoms with Gasteiger partial charge in [-0.15, -0.1) is 16.4 Å². The molecule has 5 nitrogen and oxygen atoms in total. The molecule has 0 saturated heterocycles. The van der Waals surface area contributed by atoms with Crippen molar-refractivity contribution in [1.29, 1.82) is 0 Å². The minimum Gasteiger partial charge on any atom is -0.307 e. The Hall–Kier alpha value is -2.05. The Morgan fingerprint density at radius 2 is 2.05 bits per heavy atom. The predicted octanol–water partition coefficient (Wildman–Crippen LogP) is 2.34. The van der Waals surface area contributed by atoms with Crippen molar-refractivity contribution in [3.05, 3.63) is 58.3 Å². The van der Waals surface area contributed by atoms with Gasteiger partial charge in [0, 0.05) is 0 Å². The van der Waals surface area contributed by atoms with E-state index in [0.717, 1.165) is 17.1 Å². The monoisotopic (exact) mass is 285 g/mol. The first-order chi connectivity index (χ1) is 9.81. The van der Waals surface area contributed by atoms with Crippen LogP contribution in [0.2, 0.25) is 0 Å². The van der Waals surface area contributed by atoms with Crippen LogP contribution in [0.15, 0.2) is 42.0 Å². The van der Waals surface area contributed by atoms with Gasteiger partial charge in [0.05, 0.1) is 39.7 Å². The Morgan fingerprint density at radius 1 is 1.25 bits per heavy atom. The fourth-order valence-corrected chi connectivity index (χ4v) is 3.13. The number of nitrogens with zero attached hydrogens (tertiary/aromatic N) is 4. The molecule has 0 saturated carbocycles. The molecule has 0 aliphatic heterocycles. The lowest BCUT2D eigenvalue weighted by Crippen LogP contribution is -2.21. The number of aromatic nitrogens is 4. The van der Waals surface area contributed by atoms with Crippen molar-refractivity contribution < 1.29 is 0 Å². The van der Waals surface area contributed by atoms with E-state index in [2.05, 4.69) is 20.6 Å². The molecule has 2 heterocycles. The topological polar surface area (TPSA) is 55.6 Å². The first-order valence-electron chi connectivity index (χ1n) is 6.34. The lowest BCUT2D eigenvalue weighted by Gasteiger charge is -2.16. The van der Waals surface area contributed by atoms with E-state index < -0.39 is 0 Å². The standard InChI is InChI=1S/C14H15N5S/c1-10-14(20-9-16-10)13(15-2)12-8-17-18-19(12)11-6-4-3-5-7-11/h3-9,13,15H,1-2H3. The summed E-state index contributed by atoms with van der Waals surface area (Å²) in [5.41, 5.74) is 4.91. The average molecular weight is 285 g/mol. The zero-order valence-electron chi connectivity index (χ0n) is 11.3. The molecule has 1 aromatic carbocycles. The second-order valence-corrected chi connectivity index (χ2v) is 5.32. The summed E-state index contributed by atoms with van der Waals surface area (Å²) in [6, 6.07) is 10.1. The van der Waals surface area contributed by atoms with Crippen molar-refractivity contribution in [2.24, 2.45) is 0 Å². The maximum atomic E-state index is 4.33. The number of hydrogen-bond acceptors (Lipinski definition) is 5. The summed E-state index contributed by atoms with van der Waals surface area (Å²) in [5, 5.41) is 11.6. The molecule has 102 valence electrons. The number of hydrogen-bond donors (Lipinski definition) is 1. The van der Waals surface area contributed by atoms with Gasteiger partial charge in [-0.2, -0.15) is 0 Å². The molecule has 20 heavy (non-hydrogen) atoms. The summed E-state index contributed by atoms with van der Waals surface area (Å²) in [7, 11) is 1.94. The van der Waals surface area contributed by atoms with Crippen LogP contribution in [0.1, 0.15) is 22.3 Å². The van der Waals surface area contributed by atoms with Crippen LogP contribution in [0.25, 0.3) is 5.69 Å². The van der Waals surface area contributed by atoms with E-state index in [0.29, 0.717) is 0 Å². The van der Waals surface area contributed by atoms with Gasteiger partial charge < -0.3 is 5.32 Å². The number of aryl methyl sites for hydroxylation is 1. The van der Waals surface area contributed by atoms with E-state index in [-0.39, 0.29) is 6.04 Å². The van der Waals surface area contributed by atoms with Gasteiger partial charge in [0.1, 0.15) is 0 Å². The van der Waals surface area contributed by atoms with Crippen molar-refractivity contribution in [3.63, 3.8) is 0 Å². The minimum atomic E-state index is 0.0395. The molecule has 0 spiro atoms. The van der Waals surface area contributed by atoms with Crippen molar-refractivity contribution in [3.8, 4) is 5.69 Å². The van der Waals surface area contributed by atoms with E-state index in [1.807, 2.05) is 54.5 Å². The summed E-state index contributed by atoms with van der Waals surface area (Å²) < 4.78 is 1.86. The van der Waals surface area contributed by atoms with E-state index in [1.165, 1.54) is 4.88 Å². The van der Waals surface area contributed by atoms with E-state index >= 15 is 0 Å². The Kier molecular flexibility index (Phi) is 3.58. The van der Waals surface area contributed by atoms with Gasteiger partial charge in [-0.3, -0.25) is 0 Å². The number of thiazole rings is 1. The maximum absolute atomic E-state index is 4.33. The molecule has 3 aromatic rings. The summed E-state index contributed by atoms with van der Waals surface area (Å²) in [6.45, 7) is 2.02. The molecule has 0 amide bonds. The summed E-state index contributed by atoms with van der Waals surface area (Å²) >= 11 is 1.64. The van der Waals surface area contributed by atoms with Gasteiger partial charge in [-0.25, -0.2) is 9.67 Å². The number of rotatable bonds is 4. The Bertz CT molecular complexity index is 688. The lowest BCUT2D eigenvalue weighted by atomic mass is 10.1. The fourth-order valence-electron chi connectivity index (χ4n) is 2.21. The van der Waals surface area contributed by atoms with E-state index in [1.54, 1.807) is 17.5 Å². The third-order valence-corrected chi connectivity index (χ3v) is 4.20. The van der Waals surface area contributed by atoms with Gasteiger partial charge >= 0.3 is 0 Å². The molecule has 3 rings (SSSR count). The van der Waals surface area contributed by atoms with Crippen LogP contribution < -0.4 is 5.32 Å². The summed E-state index contributed by atoms with van der Waals surface area (Å²) in [4.78, 5) is 5.51. The fraction of sp³-hybridized carbons (Fsp3) is 0.214. The predicted molar refractivity (Wildman–Crippen MR) is 79.1 cm³/mol. The zero-order chi connectivity index (χ0) is 13.9. The molecule has 0 aliphatic carbocycles. The minimum absolute atomic E-state index is 0.0395. The molecule has 6 heteroatoms. The highest BCUT2D eigenvalue weighted by Gasteiger charge is 2.21. The van der Waals surface area contributed by atoms with Gasteiger partial charge in [-0.05, 0) is 26.1 Å². The smallest absolute Gasteiger partial charge is 0.0879 e. The lowest BCUT2D eigenvalue weighted by molar-refractivity contribution is 0.638. The van der Waals surface area contributed by atoms with E-state index in [9.17, 15) is 0 Å². The van der Waals surface area contributed by atoms with Crippen molar-refractivity contribution in [2.45, 2.75) is 13.0 Å². The molecule has 2 aromatic heterocycles. The molecule has 1 N–H and O–H groups in total. The van der Waals surface area contributed by atoms with Crippen LogP contribution >= 0.6 is 11.3 Å². The van der Waals surface area contributed by atoms with Gasteiger partial charge in [0.2, 0.25) is 0 Å². The normalized spacial score (nSPS) is 12.5. The molecule has 1 unspecified atom stereocenters. The Morgan fingerprint density at radius 3 is 2.70 bits per heavy atom. The summed E-state index contributed by atoms with van der Waals surface area (Å²) in [6.07, 6.45) is 1.80. The highest BCUT2D eigenvalue weighted by Crippen LogP contribution is 2.28. The second kappa shape index (κ2) is 5.52. The Labute approximate surface area is 121 Å². The van der Waals surface area contributed by atoms with Gasteiger partial charge in [0.15, 0.2) is 0 Å². The third kappa shape index (κ3) is 2.23. The third-order valence-electron chi connectivity index (χ3n) is 3.21. The SMILES string of the molecule is CNC(c1scnc1C)c1cnnn1-c1ccccc1.